The number of aromatic hydroxyl groups is 1. The van der Waals surface area contributed by atoms with Crippen LogP contribution >= 0.6 is 0 Å². The van der Waals surface area contributed by atoms with E-state index in [1.165, 1.54) is 6.07 Å². The molecule has 4 nitrogen and oxygen atoms in total. The molecule has 1 aromatic heterocycles. The van der Waals surface area contributed by atoms with Crippen LogP contribution in [0, 0.1) is 0 Å². The molecule has 1 heterocycles. The molecule has 0 fully saturated rings. The lowest BCUT2D eigenvalue weighted by Crippen LogP contribution is -1.91. The van der Waals surface area contributed by atoms with Gasteiger partial charge in [-0.25, -0.2) is 4.98 Å². The first kappa shape index (κ1) is 8.62. The molecule has 0 saturated heterocycles. The van der Waals surface area contributed by atoms with E-state index in [0.29, 0.717) is 22.5 Å². The fourth-order valence-electron chi connectivity index (χ4n) is 1.33. The van der Waals surface area contributed by atoms with Gasteiger partial charge in [-0.05, 0) is 18.2 Å². The fraction of sp³-hybridized carbons (Fsp3) is 0.100. The average Bonchev–Trinajstić information content (AvgIpc) is 2.17. The van der Waals surface area contributed by atoms with Crippen LogP contribution < -0.4 is 10.5 Å². The Morgan fingerprint density at radius 1 is 1.36 bits per heavy atom. The molecule has 14 heavy (non-hydrogen) atoms. The molecule has 0 radical (unpaired) electrons. The largest absolute Gasteiger partial charge is 0.507 e. The van der Waals surface area contributed by atoms with Crippen molar-refractivity contribution in [2.75, 3.05) is 12.8 Å². The van der Waals surface area contributed by atoms with Gasteiger partial charge >= 0.3 is 0 Å². The molecule has 0 aliphatic heterocycles. The maximum Gasteiger partial charge on any atom is 0.128 e. The van der Waals surface area contributed by atoms with Crippen molar-refractivity contribution in [1.82, 2.24) is 4.98 Å². The first-order chi connectivity index (χ1) is 6.70. The highest BCUT2D eigenvalue weighted by atomic mass is 16.5. The predicted molar refractivity (Wildman–Crippen MR) is 54.4 cm³/mol. The lowest BCUT2D eigenvalue weighted by Gasteiger charge is -2.04. The van der Waals surface area contributed by atoms with Crippen molar-refractivity contribution in [3.63, 3.8) is 0 Å². The highest BCUT2D eigenvalue weighted by molar-refractivity contribution is 5.87. The topological polar surface area (TPSA) is 68.4 Å². The van der Waals surface area contributed by atoms with Crippen LogP contribution in [0.4, 0.5) is 5.82 Å². The van der Waals surface area contributed by atoms with Gasteiger partial charge in [0.05, 0.1) is 12.6 Å². The van der Waals surface area contributed by atoms with Gasteiger partial charge in [-0.15, -0.1) is 0 Å². The second kappa shape index (κ2) is 3.06. The van der Waals surface area contributed by atoms with Crippen LogP contribution in [0.5, 0.6) is 11.5 Å². The number of ether oxygens (including phenoxy) is 1. The standard InChI is InChI=1S/C10H10N2O2/c1-14-6-2-3-8-7(4-6)9(13)5-10(11)12-8/h2-5H,1H3,(H3,11,12,13). The lowest BCUT2D eigenvalue weighted by molar-refractivity contribution is 0.415. The number of rotatable bonds is 1. The molecular weight excluding hydrogens is 180 g/mol. The van der Waals surface area contributed by atoms with Gasteiger partial charge in [0.25, 0.3) is 0 Å². The number of aromatic nitrogens is 1. The average molecular weight is 190 g/mol. The minimum Gasteiger partial charge on any atom is -0.507 e. The van der Waals surface area contributed by atoms with Gasteiger partial charge in [0.2, 0.25) is 0 Å². The summed E-state index contributed by atoms with van der Waals surface area (Å²) >= 11 is 0. The number of hydrogen-bond acceptors (Lipinski definition) is 4. The molecule has 0 bridgehead atoms. The number of methoxy groups -OCH3 is 1. The lowest BCUT2D eigenvalue weighted by atomic mass is 10.2. The minimum atomic E-state index is 0.117. The molecule has 3 N–H and O–H groups in total. The molecule has 0 spiro atoms. The highest BCUT2D eigenvalue weighted by Gasteiger charge is 2.03. The molecule has 0 aliphatic carbocycles. The van der Waals surface area contributed by atoms with Gasteiger partial charge in [0, 0.05) is 11.5 Å². The number of hydrogen-bond donors (Lipinski definition) is 2. The summed E-state index contributed by atoms with van der Waals surface area (Å²) in [6.45, 7) is 0. The molecule has 0 amide bonds. The first-order valence-electron chi connectivity index (χ1n) is 4.14. The Bertz CT molecular complexity index is 483. The predicted octanol–water partition coefficient (Wildman–Crippen LogP) is 1.53. The van der Waals surface area contributed by atoms with E-state index in [0.717, 1.165) is 0 Å². The van der Waals surface area contributed by atoms with Crippen LogP contribution in [0.15, 0.2) is 24.3 Å². The maximum absolute atomic E-state index is 9.60. The molecule has 0 aliphatic rings. The Kier molecular flexibility index (Phi) is 1.89. The maximum atomic E-state index is 9.60. The van der Waals surface area contributed by atoms with E-state index in [-0.39, 0.29) is 5.75 Å². The Balaban J connectivity index is 2.75. The van der Waals surface area contributed by atoms with Crippen LogP contribution in [0.25, 0.3) is 10.9 Å². The van der Waals surface area contributed by atoms with Gasteiger partial charge in [-0.1, -0.05) is 0 Å². The smallest absolute Gasteiger partial charge is 0.128 e. The first-order valence-corrected chi connectivity index (χ1v) is 4.14. The van der Waals surface area contributed by atoms with Crippen molar-refractivity contribution in [1.29, 1.82) is 0 Å². The summed E-state index contributed by atoms with van der Waals surface area (Å²) in [5.41, 5.74) is 6.15. The monoisotopic (exact) mass is 190 g/mol. The Labute approximate surface area is 80.9 Å². The number of fused-ring (bicyclic) bond motifs is 1. The molecule has 0 atom stereocenters. The third-order valence-corrected chi connectivity index (χ3v) is 2.01. The van der Waals surface area contributed by atoms with Crippen molar-refractivity contribution in [3.8, 4) is 11.5 Å². The van der Waals surface area contributed by atoms with E-state index < -0.39 is 0 Å². The van der Waals surface area contributed by atoms with Crippen molar-refractivity contribution < 1.29 is 9.84 Å². The molecule has 4 heteroatoms. The molecule has 0 unspecified atom stereocenters. The van der Waals surface area contributed by atoms with Crippen molar-refractivity contribution >= 4 is 16.7 Å². The third kappa shape index (κ3) is 1.31. The second-order valence-electron chi connectivity index (χ2n) is 2.95. The molecular formula is C10H10N2O2. The Hall–Kier alpha value is -1.97. The van der Waals surface area contributed by atoms with E-state index in [1.807, 2.05) is 0 Å². The zero-order valence-corrected chi connectivity index (χ0v) is 7.69. The summed E-state index contributed by atoms with van der Waals surface area (Å²) in [5.74, 6) is 1.10. The van der Waals surface area contributed by atoms with Crippen LogP contribution in [0.1, 0.15) is 0 Å². The summed E-state index contributed by atoms with van der Waals surface area (Å²) in [7, 11) is 1.57. The summed E-state index contributed by atoms with van der Waals surface area (Å²) in [4.78, 5) is 4.07. The number of anilines is 1. The van der Waals surface area contributed by atoms with Crippen LogP contribution in [0.3, 0.4) is 0 Å². The van der Waals surface area contributed by atoms with E-state index in [4.69, 9.17) is 10.5 Å². The third-order valence-electron chi connectivity index (χ3n) is 2.01. The normalized spacial score (nSPS) is 10.4. The molecule has 2 rings (SSSR count). The number of benzene rings is 1. The Morgan fingerprint density at radius 3 is 2.86 bits per heavy atom. The van der Waals surface area contributed by atoms with Gasteiger partial charge in [0.1, 0.15) is 17.3 Å². The van der Waals surface area contributed by atoms with Gasteiger partial charge in [-0.2, -0.15) is 0 Å². The molecule has 2 aromatic rings. The van der Waals surface area contributed by atoms with Crippen molar-refractivity contribution in [2.45, 2.75) is 0 Å². The number of nitrogens with two attached hydrogens (primary N) is 1. The molecule has 1 aromatic carbocycles. The zero-order valence-electron chi connectivity index (χ0n) is 7.69. The van der Waals surface area contributed by atoms with Gasteiger partial charge in [-0.3, -0.25) is 0 Å². The van der Waals surface area contributed by atoms with Crippen molar-refractivity contribution in [3.05, 3.63) is 24.3 Å². The van der Waals surface area contributed by atoms with Crippen LogP contribution in [-0.2, 0) is 0 Å². The highest BCUT2D eigenvalue weighted by Crippen LogP contribution is 2.28. The zero-order chi connectivity index (χ0) is 10.1. The SMILES string of the molecule is COc1ccc2nc(N)cc(O)c2c1. The summed E-state index contributed by atoms with van der Waals surface area (Å²) in [6.07, 6.45) is 0. The van der Waals surface area contributed by atoms with Crippen molar-refractivity contribution in [2.24, 2.45) is 0 Å². The minimum absolute atomic E-state index is 0.117. The number of pyridine rings is 1. The summed E-state index contributed by atoms with van der Waals surface area (Å²) in [6, 6.07) is 6.66. The molecule has 72 valence electrons. The van der Waals surface area contributed by atoms with Crippen LogP contribution in [0.2, 0.25) is 0 Å². The second-order valence-corrected chi connectivity index (χ2v) is 2.95. The van der Waals surface area contributed by atoms with E-state index in [2.05, 4.69) is 4.98 Å². The molecule has 0 saturated carbocycles. The van der Waals surface area contributed by atoms with Gasteiger partial charge in [0.15, 0.2) is 0 Å². The van der Waals surface area contributed by atoms with E-state index in [1.54, 1.807) is 25.3 Å². The quantitative estimate of drug-likeness (QED) is 0.715. The fourth-order valence-corrected chi connectivity index (χ4v) is 1.33. The van der Waals surface area contributed by atoms with Crippen LogP contribution in [-0.4, -0.2) is 17.2 Å². The summed E-state index contributed by atoms with van der Waals surface area (Å²) < 4.78 is 5.04. The van der Waals surface area contributed by atoms with E-state index >= 15 is 0 Å². The van der Waals surface area contributed by atoms with Gasteiger partial charge < -0.3 is 15.6 Å². The number of nitrogens with zero attached hydrogens (tertiary/aromatic N) is 1. The Morgan fingerprint density at radius 2 is 2.14 bits per heavy atom. The summed E-state index contributed by atoms with van der Waals surface area (Å²) in [5, 5.41) is 10.2. The van der Waals surface area contributed by atoms with E-state index in [9.17, 15) is 5.11 Å². The number of nitrogen functional groups attached to an aromatic ring is 1.